The highest BCUT2D eigenvalue weighted by Gasteiger charge is 2.20. The number of nitrogens with one attached hydrogen (secondary N) is 2. The van der Waals surface area contributed by atoms with Crippen LogP contribution in [-0.2, 0) is 24.0 Å². The SMILES string of the molecule is C#CC#CC#CC#CC#CC#CC#CC#CC#CC#CC#CC#CC#CC#CC#CC#CC#CC#CC#CC#CC#CC#CC#CC#CC#C.CC(C)(C)CCC(=O)CC(C)(C)C.CC(C)(C)CNC(=O)CCC(=O)CC(C)(C)C.CC(C)(C)CNC(=O)CCC(=O)CC(C)(C)C. The van der Waals surface area contributed by atoms with E-state index >= 15 is 0 Å². The van der Waals surface area contributed by atoms with Gasteiger partial charge in [0, 0.05) is 254 Å². The highest BCUT2D eigenvalue weighted by atomic mass is 16.2. The summed E-state index contributed by atoms with van der Waals surface area (Å²) in [4.78, 5) is 57.7. The Balaban J connectivity index is -0.000000737. The Morgan fingerprint density at radius 2 is 0.371 bits per heavy atom. The highest BCUT2D eigenvalue weighted by Crippen LogP contribution is 2.25. The minimum atomic E-state index is -0.0258. The van der Waals surface area contributed by atoms with Crippen molar-refractivity contribution < 1.29 is 24.0 Å². The lowest BCUT2D eigenvalue weighted by atomic mass is 9.85. The number of hydrogen-bond acceptors (Lipinski definition) is 5. The van der Waals surface area contributed by atoms with Crippen LogP contribution in [0.2, 0.25) is 0 Å². The van der Waals surface area contributed by atoms with Crippen molar-refractivity contribution in [3.8, 4) is 297 Å². The van der Waals surface area contributed by atoms with Crippen LogP contribution >= 0.6 is 0 Å². The van der Waals surface area contributed by atoms with Gasteiger partial charge in [0.25, 0.3) is 0 Å². The van der Waals surface area contributed by atoms with Gasteiger partial charge in [0.1, 0.15) is 17.3 Å². The lowest BCUT2D eigenvalue weighted by Gasteiger charge is -2.20. The number of ketones is 3. The van der Waals surface area contributed by atoms with E-state index in [9.17, 15) is 24.0 Å². The van der Waals surface area contributed by atoms with Gasteiger partial charge in [-0.1, -0.05) is 125 Å². The fourth-order valence-electron chi connectivity index (χ4n) is 5.41. The monoisotopic (exact) mass is 1270 g/mol. The number of terminal acetylenes is 2. The smallest absolute Gasteiger partial charge is 0.220 e. The maximum atomic E-state index is 11.6. The summed E-state index contributed by atoms with van der Waals surface area (Å²) >= 11 is 0. The van der Waals surface area contributed by atoms with E-state index in [1.165, 1.54) is 0 Å². The molecule has 0 aromatic rings. The summed E-state index contributed by atoms with van der Waals surface area (Å²) < 4.78 is 0. The van der Waals surface area contributed by atoms with Gasteiger partial charge in [-0.15, -0.1) is 12.8 Å². The van der Waals surface area contributed by atoms with Gasteiger partial charge < -0.3 is 10.6 Å². The number of carbonyl (C=O) groups excluding carboxylic acids is 5. The van der Waals surface area contributed by atoms with E-state index in [-0.39, 0.29) is 55.9 Å². The number of amides is 2. The van der Waals surface area contributed by atoms with Crippen LogP contribution < -0.4 is 10.6 Å². The maximum absolute atomic E-state index is 11.6. The van der Waals surface area contributed by atoms with Gasteiger partial charge in [-0.25, -0.2) is 0 Å². The van der Waals surface area contributed by atoms with Crippen LogP contribution in [0.3, 0.4) is 0 Å². The van der Waals surface area contributed by atoms with Crippen molar-refractivity contribution in [3.05, 3.63) is 0 Å². The number of Topliss-reactive ketones (excluding diaryl/α,β-unsaturated/α-hetero) is 3. The summed E-state index contributed by atoms with van der Waals surface area (Å²) in [5.41, 5.74) is 0.636. The molecule has 0 spiro atoms. The number of carbonyl (C=O) groups is 5. The van der Waals surface area contributed by atoms with Crippen LogP contribution in [0.1, 0.15) is 182 Å². The zero-order valence-electron chi connectivity index (χ0n) is 59.5. The van der Waals surface area contributed by atoms with E-state index in [2.05, 4.69) is 378 Å². The largest absolute Gasteiger partial charge is 0.356 e. The molecule has 0 saturated heterocycles. The zero-order valence-corrected chi connectivity index (χ0v) is 59.5. The van der Waals surface area contributed by atoms with Crippen molar-refractivity contribution in [1.29, 1.82) is 0 Å². The van der Waals surface area contributed by atoms with Crippen molar-refractivity contribution in [2.45, 2.75) is 182 Å². The summed E-state index contributed by atoms with van der Waals surface area (Å²) in [6.45, 7) is 38.8. The third-order valence-electron chi connectivity index (χ3n) is 9.19. The van der Waals surface area contributed by atoms with Gasteiger partial charge in [0.2, 0.25) is 11.8 Å². The quantitative estimate of drug-likeness (QED) is 0.179. The lowest BCUT2D eigenvalue weighted by Crippen LogP contribution is -2.32. The minimum Gasteiger partial charge on any atom is -0.356 e. The third-order valence-corrected chi connectivity index (χ3v) is 9.19. The molecule has 0 aromatic carbocycles. The van der Waals surface area contributed by atoms with Gasteiger partial charge in [-0.05, 0) is 134 Å². The minimum absolute atomic E-state index is 0.0129. The molecule has 0 aliphatic carbocycles. The first-order chi connectivity index (χ1) is 45.5. The zero-order chi connectivity index (χ0) is 74.0. The standard InChI is InChI=1S/C50H2.2C14H27NO2.C12H24O/c1-3-5-7-9-11-13-15-17-19-21-23-25-27-29-31-33-35-37-39-41-43-45-47-49-50-48-46-44-42-40-38-36-34-32-30-28-26-24-22-20-18-16-14-12-10-8-6-4-2;2*1-13(2,3)9-11(16)7-8-12(17)15-10-14(4,5)6;1-11(2,3)8-7-10(13)9-12(4,5)6/h1-2H;2*7-10H2,1-6H3,(H,15,17);7-9H2,1-6H3. The second-order valence-corrected chi connectivity index (χ2v) is 26.6. The molecular weight excluding hydrogens is 1190 g/mol. The van der Waals surface area contributed by atoms with E-state index in [1.54, 1.807) is 0 Å². The van der Waals surface area contributed by atoms with Crippen LogP contribution in [0, 0.1) is 330 Å². The summed E-state index contributed by atoms with van der Waals surface area (Å²) in [6.07, 6.45) is 14.7. The van der Waals surface area contributed by atoms with E-state index < -0.39 is 0 Å². The molecule has 0 atom stereocenters. The van der Waals surface area contributed by atoms with Gasteiger partial charge in [-0.3, -0.25) is 24.0 Å². The maximum Gasteiger partial charge on any atom is 0.220 e. The van der Waals surface area contributed by atoms with Gasteiger partial charge in [0.15, 0.2) is 0 Å². The van der Waals surface area contributed by atoms with Gasteiger partial charge in [0.05, 0.1) is 0 Å². The molecule has 2 N–H and O–H groups in total. The molecular formula is C90H80N2O5. The topological polar surface area (TPSA) is 109 Å². The molecule has 0 saturated carbocycles. The number of rotatable bonds is 13. The first kappa shape index (κ1) is 90.4. The molecule has 0 rings (SSSR count). The van der Waals surface area contributed by atoms with Crippen LogP contribution in [0.25, 0.3) is 0 Å². The Bertz CT molecular complexity index is 4240. The predicted molar refractivity (Wildman–Crippen MR) is 396 cm³/mol. The van der Waals surface area contributed by atoms with E-state index in [0.717, 1.165) is 12.8 Å². The average Bonchev–Trinajstić information content (AvgIpc) is 1.13. The van der Waals surface area contributed by atoms with Crippen LogP contribution in [0.4, 0.5) is 0 Å². The van der Waals surface area contributed by atoms with Crippen LogP contribution in [-0.4, -0.2) is 42.3 Å². The number of hydrogen-bond donors (Lipinski definition) is 2. The molecule has 2 amide bonds. The van der Waals surface area contributed by atoms with E-state index in [1.807, 2.05) is 41.5 Å². The molecule has 0 unspecified atom stereocenters. The molecule has 480 valence electrons. The van der Waals surface area contributed by atoms with Crippen molar-refractivity contribution in [1.82, 2.24) is 10.6 Å². The highest BCUT2D eigenvalue weighted by molar-refractivity contribution is 5.86. The predicted octanol–water partition coefficient (Wildman–Crippen LogP) is 10.0. The average molecular weight is 1270 g/mol. The molecule has 0 aromatic heterocycles. The Morgan fingerprint density at radius 1 is 0.216 bits per heavy atom. The molecule has 0 radical (unpaired) electrons. The molecule has 7 heteroatoms. The summed E-state index contributed by atoms with van der Waals surface area (Å²) in [6, 6.07) is 0. The molecule has 0 bridgehead atoms. The van der Waals surface area contributed by atoms with E-state index in [4.69, 9.17) is 12.8 Å². The van der Waals surface area contributed by atoms with Crippen LogP contribution in [0.15, 0.2) is 0 Å². The normalized spacial score (nSPS) is 8.08. The molecule has 0 heterocycles. The molecule has 7 nitrogen and oxygen atoms in total. The molecule has 0 fully saturated rings. The Morgan fingerprint density at radius 3 is 0.505 bits per heavy atom. The van der Waals surface area contributed by atoms with Gasteiger partial charge >= 0.3 is 0 Å². The fourth-order valence-corrected chi connectivity index (χ4v) is 5.41. The summed E-state index contributed by atoms with van der Waals surface area (Å²) in [7, 11) is 0. The molecule has 0 aliphatic heterocycles. The lowest BCUT2D eigenvalue weighted by molar-refractivity contribution is -0.126. The third kappa shape index (κ3) is 91.8. The van der Waals surface area contributed by atoms with Crippen molar-refractivity contribution >= 4 is 29.2 Å². The Hall–Kier alpha value is -13.1. The summed E-state index contributed by atoms with van der Waals surface area (Å²) in [5, 5.41) is 5.70. The second kappa shape index (κ2) is 56.9. The van der Waals surface area contributed by atoms with Crippen molar-refractivity contribution in [2.24, 2.45) is 32.5 Å². The Kier molecular flexibility index (Phi) is 53.0. The van der Waals surface area contributed by atoms with Gasteiger partial charge in [-0.2, -0.15) is 0 Å². The fraction of sp³-hybridized carbons (Fsp3) is 0.389. The Labute approximate surface area is 585 Å². The second-order valence-electron chi connectivity index (χ2n) is 26.6. The summed E-state index contributed by atoms with van der Waals surface area (Å²) in [5.74, 6) is 119. The molecule has 97 heavy (non-hydrogen) atoms. The first-order valence-corrected chi connectivity index (χ1v) is 30.0. The first-order valence-electron chi connectivity index (χ1n) is 30.0. The molecule has 0 aliphatic rings. The van der Waals surface area contributed by atoms with Crippen molar-refractivity contribution in [3.63, 3.8) is 0 Å². The van der Waals surface area contributed by atoms with E-state index in [0.29, 0.717) is 63.8 Å². The van der Waals surface area contributed by atoms with Crippen molar-refractivity contribution in [2.75, 3.05) is 13.1 Å². The van der Waals surface area contributed by atoms with Crippen LogP contribution in [0.5, 0.6) is 0 Å².